The van der Waals surface area contributed by atoms with Gasteiger partial charge >= 0.3 is 0 Å². The molecule has 1 heterocycles. The minimum absolute atomic E-state index is 0.130. The summed E-state index contributed by atoms with van der Waals surface area (Å²) >= 11 is 6.37. The summed E-state index contributed by atoms with van der Waals surface area (Å²) in [7, 11) is 0. The molecule has 1 amide bonds. The zero-order valence-corrected chi connectivity index (χ0v) is 11.5. The van der Waals surface area contributed by atoms with Crippen LogP contribution in [0, 0.1) is 5.82 Å². The van der Waals surface area contributed by atoms with Crippen LogP contribution < -0.4 is 0 Å². The molecule has 1 fully saturated rings. The van der Waals surface area contributed by atoms with E-state index >= 15 is 0 Å². The Bertz CT molecular complexity index is 527. The van der Waals surface area contributed by atoms with Crippen LogP contribution in [0.1, 0.15) is 18.9 Å². The highest BCUT2D eigenvalue weighted by molar-refractivity contribution is 8.26. The normalized spacial score (nSPS) is 17.9. The molecule has 5 heteroatoms. The molecule has 0 N–H and O–H groups in total. The number of hydrogen-bond acceptors (Lipinski definition) is 3. The van der Waals surface area contributed by atoms with Crippen molar-refractivity contribution in [1.82, 2.24) is 4.90 Å². The van der Waals surface area contributed by atoms with E-state index in [1.165, 1.54) is 17.8 Å². The fourth-order valence-corrected chi connectivity index (χ4v) is 2.95. The Morgan fingerprint density at radius 2 is 2.17 bits per heavy atom. The van der Waals surface area contributed by atoms with Crippen LogP contribution in [0.25, 0.3) is 6.08 Å². The van der Waals surface area contributed by atoms with Crippen molar-refractivity contribution in [3.8, 4) is 0 Å². The maximum Gasteiger partial charge on any atom is 0.266 e. The fraction of sp³-hybridized carbons (Fsp3) is 0.231. The molecule has 1 aromatic rings. The number of thiocarbonyl (C=S) groups is 1. The predicted molar refractivity (Wildman–Crippen MR) is 76.6 cm³/mol. The zero-order valence-electron chi connectivity index (χ0n) is 9.85. The first-order valence-electron chi connectivity index (χ1n) is 5.63. The summed E-state index contributed by atoms with van der Waals surface area (Å²) in [6.45, 7) is 2.60. The van der Waals surface area contributed by atoms with Crippen molar-refractivity contribution in [2.24, 2.45) is 0 Å². The highest BCUT2D eigenvalue weighted by Crippen LogP contribution is 2.32. The summed E-state index contributed by atoms with van der Waals surface area (Å²) in [6, 6.07) is 6.37. The van der Waals surface area contributed by atoms with Crippen LogP contribution >= 0.6 is 24.0 Å². The van der Waals surface area contributed by atoms with Crippen molar-refractivity contribution in [3.63, 3.8) is 0 Å². The van der Waals surface area contributed by atoms with Crippen LogP contribution in [0.15, 0.2) is 29.2 Å². The first-order chi connectivity index (χ1) is 8.63. The van der Waals surface area contributed by atoms with Crippen molar-refractivity contribution < 1.29 is 9.18 Å². The molecule has 0 saturated carbocycles. The van der Waals surface area contributed by atoms with E-state index < -0.39 is 0 Å². The Balaban J connectivity index is 2.28. The Hall–Kier alpha value is -1.20. The third kappa shape index (κ3) is 2.62. The smallest absolute Gasteiger partial charge is 0.266 e. The first-order valence-corrected chi connectivity index (χ1v) is 6.86. The van der Waals surface area contributed by atoms with Crippen molar-refractivity contribution >= 4 is 40.3 Å². The summed E-state index contributed by atoms with van der Waals surface area (Å²) in [6.07, 6.45) is 2.41. The SMILES string of the molecule is CCCN1C(=O)C(=Cc2ccccc2F)SC1=S. The van der Waals surface area contributed by atoms with Gasteiger partial charge in [0.2, 0.25) is 0 Å². The van der Waals surface area contributed by atoms with Crippen molar-refractivity contribution in [2.75, 3.05) is 6.54 Å². The number of thioether (sulfide) groups is 1. The molecule has 0 spiro atoms. The van der Waals surface area contributed by atoms with Crippen LogP contribution in [0.2, 0.25) is 0 Å². The third-order valence-electron chi connectivity index (χ3n) is 2.51. The van der Waals surface area contributed by atoms with Crippen LogP contribution in [-0.2, 0) is 4.79 Å². The average molecular weight is 281 g/mol. The minimum atomic E-state index is -0.335. The molecular weight excluding hydrogens is 269 g/mol. The van der Waals surface area contributed by atoms with E-state index in [-0.39, 0.29) is 11.7 Å². The standard InChI is InChI=1S/C13H12FNOS2/c1-2-7-15-12(16)11(18-13(15)17)8-9-5-3-4-6-10(9)14/h3-6,8H,2,7H2,1H3. The summed E-state index contributed by atoms with van der Waals surface area (Å²) in [4.78, 5) is 14.1. The summed E-state index contributed by atoms with van der Waals surface area (Å²) in [5.41, 5.74) is 0.412. The maximum absolute atomic E-state index is 13.5. The number of halogens is 1. The number of carbonyl (C=O) groups is 1. The number of rotatable bonds is 3. The number of carbonyl (C=O) groups excluding carboxylic acids is 1. The van der Waals surface area contributed by atoms with E-state index in [9.17, 15) is 9.18 Å². The van der Waals surface area contributed by atoms with Gasteiger partial charge in [0.05, 0.1) is 4.91 Å². The molecule has 1 saturated heterocycles. The Labute approximate surface area is 115 Å². The van der Waals surface area contributed by atoms with Gasteiger partial charge in [-0.25, -0.2) is 4.39 Å². The molecule has 1 aromatic carbocycles. The average Bonchev–Trinajstić information content (AvgIpc) is 2.60. The maximum atomic E-state index is 13.5. The molecule has 1 aliphatic heterocycles. The Morgan fingerprint density at radius 3 is 2.83 bits per heavy atom. The van der Waals surface area contributed by atoms with Gasteiger partial charge in [0.15, 0.2) is 0 Å². The lowest BCUT2D eigenvalue weighted by atomic mass is 10.2. The highest BCUT2D eigenvalue weighted by Gasteiger charge is 2.31. The second-order valence-electron chi connectivity index (χ2n) is 3.85. The van der Waals surface area contributed by atoms with Gasteiger partial charge in [0, 0.05) is 12.1 Å². The van der Waals surface area contributed by atoms with E-state index in [1.807, 2.05) is 6.92 Å². The Kier molecular flexibility index (Phi) is 4.14. The fourth-order valence-electron chi connectivity index (χ4n) is 1.65. The summed E-state index contributed by atoms with van der Waals surface area (Å²) in [5.74, 6) is -0.464. The molecule has 94 valence electrons. The van der Waals surface area contributed by atoms with Crippen LogP contribution in [0.3, 0.4) is 0 Å². The molecule has 0 bridgehead atoms. The van der Waals surface area contributed by atoms with Gasteiger partial charge in [-0.15, -0.1) is 0 Å². The predicted octanol–water partition coefficient (Wildman–Crippen LogP) is 3.44. The number of nitrogens with zero attached hydrogens (tertiary/aromatic N) is 1. The van der Waals surface area contributed by atoms with Gasteiger partial charge < -0.3 is 0 Å². The lowest BCUT2D eigenvalue weighted by Gasteiger charge is -2.11. The van der Waals surface area contributed by atoms with Gasteiger partial charge in [-0.3, -0.25) is 9.69 Å². The van der Waals surface area contributed by atoms with Gasteiger partial charge in [-0.1, -0.05) is 49.1 Å². The van der Waals surface area contributed by atoms with Crippen molar-refractivity contribution in [2.45, 2.75) is 13.3 Å². The largest absolute Gasteiger partial charge is 0.293 e. The van der Waals surface area contributed by atoms with Crippen LogP contribution in [0.4, 0.5) is 4.39 Å². The van der Waals surface area contributed by atoms with E-state index in [4.69, 9.17) is 12.2 Å². The van der Waals surface area contributed by atoms with Gasteiger partial charge in [0.1, 0.15) is 10.1 Å². The molecule has 0 atom stereocenters. The summed E-state index contributed by atoms with van der Waals surface area (Å²) in [5, 5.41) is 0. The van der Waals surface area contributed by atoms with Crippen LogP contribution in [-0.4, -0.2) is 21.7 Å². The van der Waals surface area contributed by atoms with E-state index in [0.717, 1.165) is 6.42 Å². The molecule has 0 radical (unpaired) electrons. The molecule has 1 aliphatic rings. The van der Waals surface area contributed by atoms with E-state index in [2.05, 4.69) is 0 Å². The second kappa shape index (κ2) is 5.63. The number of amides is 1. The molecule has 0 aliphatic carbocycles. The monoisotopic (exact) mass is 281 g/mol. The lowest BCUT2D eigenvalue weighted by Crippen LogP contribution is -2.28. The number of hydrogen-bond donors (Lipinski definition) is 0. The summed E-state index contributed by atoms with van der Waals surface area (Å²) < 4.78 is 14.0. The van der Waals surface area contributed by atoms with E-state index in [1.54, 1.807) is 29.2 Å². The van der Waals surface area contributed by atoms with Crippen molar-refractivity contribution in [3.05, 3.63) is 40.6 Å². The molecule has 2 nitrogen and oxygen atoms in total. The molecular formula is C13H12FNOS2. The van der Waals surface area contributed by atoms with Crippen molar-refractivity contribution in [1.29, 1.82) is 0 Å². The van der Waals surface area contributed by atoms with Crippen LogP contribution in [0.5, 0.6) is 0 Å². The lowest BCUT2D eigenvalue weighted by molar-refractivity contribution is -0.122. The van der Waals surface area contributed by atoms with Gasteiger partial charge in [-0.05, 0) is 18.6 Å². The zero-order chi connectivity index (χ0) is 13.1. The molecule has 0 unspecified atom stereocenters. The number of benzene rings is 1. The first kappa shape index (κ1) is 13.2. The highest BCUT2D eigenvalue weighted by atomic mass is 32.2. The topological polar surface area (TPSA) is 20.3 Å². The molecule has 2 rings (SSSR count). The van der Waals surface area contributed by atoms with Gasteiger partial charge in [0.25, 0.3) is 5.91 Å². The van der Waals surface area contributed by atoms with Gasteiger partial charge in [-0.2, -0.15) is 0 Å². The second-order valence-corrected chi connectivity index (χ2v) is 5.53. The molecule has 18 heavy (non-hydrogen) atoms. The third-order valence-corrected chi connectivity index (χ3v) is 3.89. The Morgan fingerprint density at radius 1 is 1.44 bits per heavy atom. The quantitative estimate of drug-likeness (QED) is 0.625. The minimum Gasteiger partial charge on any atom is -0.293 e. The molecule has 0 aromatic heterocycles. The van der Waals surface area contributed by atoms with E-state index in [0.29, 0.717) is 21.3 Å².